The first-order valence-corrected chi connectivity index (χ1v) is 10.3. The van der Waals surface area contributed by atoms with Crippen LogP contribution in [-0.2, 0) is 4.79 Å². The summed E-state index contributed by atoms with van der Waals surface area (Å²) < 4.78 is 17.3. The molecule has 3 aromatic rings. The Bertz CT molecular complexity index is 1070. The molecule has 0 aliphatic rings. The third-order valence-electron chi connectivity index (χ3n) is 4.56. The molecule has 1 atom stereocenters. The first-order chi connectivity index (χ1) is 14.6. The van der Waals surface area contributed by atoms with E-state index in [9.17, 15) is 4.79 Å². The van der Waals surface area contributed by atoms with Crippen LogP contribution < -0.4 is 19.6 Å². The summed E-state index contributed by atoms with van der Waals surface area (Å²) in [6.45, 7) is 1.89. The Hall–Kier alpha value is -3.06. The van der Waals surface area contributed by atoms with Crippen LogP contribution in [0, 0.1) is 0 Å². The fourth-order valence-corrected chi connectivity index (χ4v) is 3.54. The molecule has 0 bridgehead atoms. The second-order valence-electron chi connectivity index (χ2n) is 6.46. The molecule has 0 aromatic heterocycles. The van der Waals surface area contributed by atoms with Gasteiger partial charge in [-0.25, -0.2) is 5.43 Å². The number of rotatable bonds is 8. The third-order valence-corrected chi connectivity index (χ3v) is 5.37. The maximum absolute atomic E-state index is 12.6. The van der Waals surface area contributed by atoms with Crippen LogP contribution in [0.25, 0.3) is 10.8 Å². The van der Waals surface area contributed by atoms with E-state index in [2.05, 4.69) is 26.5 Å². The molecule has 0 saturated carbocycles. The topological polar surface area (TPSA) is 69.2 Å². The molecular formula is C23H23BrN2O4. The lowest BCUT2D eigenvalue weighted by Crippen LogP contribution is -2.35. The molecular weight excluding hydrogens is 448 g/mol. The van der Waals surface area contributed by atoms with Gasteiger partial charge < -0.3 is 14.2 Å². The van der Waals surface area contributed by atoms with Gasteiger partial charge in [-0.3, -0.25) is 4.79 Å². The van der Waals surface area contributed by atoms with Crippen molar-refractivity contribution in [2.75, 3.05) is 14.2 Å². The van der Waals surface area contributed by atoms with Crippen molar-refractivity contribution in [2.24, 2.45) is 5.10 Å². The van der Waals surface area contributed by atoms with Gasteiger partial charge in [0.1, 0.15) is 5.75 Å². The Kier molecular flexibility index (Phi) is 7.30. The van der Waals surface area contributed by atoms with Crippen molar-refractivity contribution in [3.63, 3.8) is 0 Å². The summed E-state index contributed by atoms with van der Waals surface area (Å²) >= 11 is 3.59. The van der Waals surface area contributed by atoms with E-state index < -0.39 is 6.10 Å². The lowest BCUT2D eigenvalue weighted by Gasteiger charge is -2.17. The second-order valence-corrected chi connectivity index (χ2v) is 7.26. The fraction of sp³-hybridized carbons (Fsp3) is 0.217. The molecule has 0 fully saturated rings. The monoisotopic (exact) mass is 470 g/mol. The number of carbonyl (C=O) groups is 1. The number of ether oxygens (including phenoxy) is 3. The molecule has 1 N–H and O–H groups in total. The normalized spacial score (nSPS) is 12.0. The summed E-state index contributed by atoms with van der Waals surface area (Å²) in [6, 6.07) is 17.2. The average molecular weight is 471 g/mol. The quantitative estimate of drug-likeness (QED) is 0.374. The van der Waals surface area contributed by atoms with Gasteiger partial charge in [-0.2, -0.15) is 5.10 Å². The van der Waals surface area contributed by atoms with E-state index in [1.165, 1.54) is 0 Å². The van der Waals surface area contributed by atoms with Crippen LogP contribution in [0.3, 0.4) is 0 Å². The molecule has 30 heavy (non-hydrogen) atoms. The Morgan fingerprint density at radius 2 is 1.80 bits per heavy atom. The molecule has 0 saturated heterocycles. The Morgan fingerprint density at radius 1 is 1.07 bits per heavy atom. The highest BCUT2D eigenvalue weighted by Gasteiger charge is 2.19. The molecule has 6 nitrogen and oxygen atoms in total. The van der Waals surface area contributed by atoms with E-state index in [0.717, 1.165) is 20.8 Å². The van der Waals surface area contributed by atoms with Crippen molar-refractivity contribution in [1.82, 2.24) is 5.43 Å². The van der Waals surface area contributed by atoms with Gasteiger partial charge in [0.2, 0.25) is 0 Å². The minimum atomic E-state index is -0.676. The molecule has 0 aliphatic heterocycles. The summed E-state index contributed by atoms with van der Waals surface area (Å²) in [4.78, 5) is 12.6. The van der Waals surface area contributed by atoms with Gasteiger partial charge in [0, 0.05) is 0 Å². The van der Waals surface area contributed by atoms with Crippen molar-refractivity contribution in [3.8, 4) is 17.2 Å². The van der Waals surface area contributed by atoms with Gasteiger partial charge in [0.05, 0.1) is 24.9 Å². The lowest BCUT2D eigenvalue weighted by molar-refractivity contribution is -0.128. The van der Waals surface area contributed by atoms with Crippen molar-refractivity contribution < 1.29 is 19.0 Å². The van der Waals surface area contributed by atoms with Crippen molar-refractivity contribution in [1.29, 1.82) is 0 Å². The Labute approximate surface area is 184 Å². The zero-order valence-electron chi connectivity index (χ0n) is 17.0. The molecule has 1 amide bonds. The van der Waals surface area contributed by atoms with E-state index in [-0.39, 0.29) is 5.91 Å². The van der Waals surface area contributed by atoms with Crippen LogP contribution >= 0.6 is 15.9 Å². The number of benzene rings is 3. The number of hydrogen-bond donors (Lipinski definition) is 1. The van der Waals surface area contributed by atoms with Crippen molar-refractivity contribution in [3.05, 3.63) is 64.6 Å². The highest BCUT2D eigenvalue weighted by Crippen LogP contribution is 2.34. The van der Waals surface area contributed by atoms with E-state index in [4.69, 9.17) is 14.2 Å². The highest BCUT2D eigenvalue weighted by atomic mass is 79.9. The predicted octanol–water partition coefficient (Wildman–Crippen LogP) is 4.93. The Morgan fingerprint density at radius 3 is 2.53 bits per heavy atom. The minimum Gasteiger partial charge on any atom is -0.493 e. The van der Waals surface area contributed by atoms with E-state index in [0.29, 0.717) is 23.7 Å². The molecule has 0 radical (unpaired) electrons. The largest absolute Gasteiger partial charge is 0.493 e. The van der Waals surface area contributed by atoms with Gasteiger partial charge in [-0.05, 0) is 63.0 Å². The third kappa shape index (κ3) is 4.91. The zero-order valence-corrected chi connectivity index (χ0v) is 18.6. The maximum atomic E-state index is 12.6. The average Bonchev–Trinajstić information content (AvgIpc) is 2.78. The number of fused-ring (bicyclic) bond motifs is 1. The van der Waals surface area contributed by atoms with Gasteiger partial charge in [-0.15, -0.1) is 0 Å². The number of methoxy groups -OCH3 is 2. The summed E-state index contributed by atoms with van der Waals surface area (Å²) in [5, 5.41) is 6.16. The minimum absolute atomic E-state index is 0.325. The summed E-state index contributed by atoms with van der Waals surface area (Å²) in [6.07, 6.45) is 1.36. The van der Waals surface area contributed by atoms with Gasteiger partial charge in [0.15, 0.2) is 17.6 Å². The van der Waals surface area contributed by atoms with Crippen LogP contribution in [0.15, 0.2) is 64.2 Å². The summed E-state index contributed by atoms with van der Waals surface area (Å²) in [5.74, 6) is 1.50. The van der Waals surface area contributed by atoms with Gasteiger partial charge >= 0.3 is 0 Å². The number of halogens is 1. The standard InChI is InChI=1S/C23H23BrN2O4/c1-4-18(30-20-12-10-16-7-5-6-8-17(16)22(20)24)23(27)26-25-14-15-9-11-19(28-2)21(13-15)29-3/h5-14,18H,4H2,1-3H3,(H,26,27)/b25-14-/t18-/m1/s1. The number of hydrogen-bond acceptors (Lipinski definition) is 5. The van der Waals surface area contributed by atoms with Crippen LogP contribution in [0.1, 0.15) is 18.9 Å². The second kappa shape index (κ2) is 10.1. The fourth-order valence-electron chi connectivity index (χ4n) is 2.96. The molecule has 0 unspecified atom stereocenters. The molecule has 3 aromatic carbocycles. The predicted molar refractivity (Wildman–Crippen MR) is 122 cm³/mol. The highest BCUT2D eigenvalue weighted by molar-refractivity contribution is 9.10. The van der Waals surface area contributed by atoms with Crippen molar-refractivity contribution >= 4 is 38.8 Å². The molecule has 7 heteroatoms. The number of amides is 1. The molecule has 0 aliphatic carbocycles. The maximum Gasteiger partial charge on any atom is 0.281 e. The first kappa shape index (κ1) is 21.6. The SMILES string of the molecule is CC[C@@H](Oc1ccc2ccccc2c1Br)C(=O)N/N=C\c1ccc(OC)c(OC)c1. The zero-order chi connectivity index (χ0) is 21.5. The van der Waals surface area contributed by atoms with E-state index in [1.807, 2.05) is 49.4 Å². The van der Waals surface area contributed by atoms with Crippen LogP contribution in [0.5, 0.6) is 17.2 Å². The first-order valence-electron chi connectivity index (χ1n) is 9.46. The van der Waals surface area contributed by atoms with E-state index >= 15 is 0 Å². The number of nitrogens with zero attached hydrogens (tertiary/aromatic N) is 1. The summed E-state index contributed by atoms with van der Waals surface area (Å²) in [5.41, 5.74) is 3.31. The van der Waals surface area contributed by atoms with Crippen LogP contribution in [0.2, 0.25) is 0 Å². The molecule has 3 rings (SSSR count). The van der Waals surface area contributed by atoms with Gasteiger partial charge in [0.25, 0.3) is 5.91 Å². The Balaban J connectivity index is 1.68. The lowest BCUT2D eigenvalue weighted by atomic mass is 10.1. The molecule has 156 valence electrons. The smallest absolute Gasteiger partial charge is 0.281 e. The van der Waals surface area contributed by atoms with Gasteiger partial charge in [-0.1, -0.05) is 37.3 Å². The molecule has 0 heterocycles. The van der Waals surface area contributed by atoms with Crippen molar-refractivity contribution in [2.45, 2.75) is 19.4 Å². The number of nitrogens with one attached hydrogen (secondary N) is 1. The molecule has 0 spiro atoms. The van der Waals surface area contributed by atoms with Crippen LogP contribution in [0.4, 0.5) is 0 Å². The number of hydrazone groups is 1. The van der Waals surface area contributed by atoms with Crippen LogP contribution in [-0.4, -0.2) is 32.4 Å². The number of carbonyl (C=O) groups excluding carboxylic acids is 1. The van der Waals surface area contributed by atoms with E-state index in [1.54, 1.807) is 32.6 Å². The summed E-state index contributed by atoms with van der Waals surface area (Å²) in [7, 11) is 3.14.